The SMILES string of the molecule is C[C@@H]1[C@@H]([Si](C)(C)O)[C@H](CCO)O[C@@]12C(=O)N(Cc1cccc(N3CCCC3=O)c1)c1ccc(N3CCCC3=O)cc12. The zero-order valence-electron chi connectivity index (χ0n) is 24.0. The number of ether oxygens (including phenoxy) is 1. The first kappa shape index (κ1) is 28.1. The molecule has 0 bridgehead atoms. The van der Waals surface area contributed by atoms with Gasteiger partial charge in [-0.25, -0.2) is 0 Å². The molecule has 0 aliphatic carbocycles. The van der Waals surface area contributed by atoms with Crippen molar-refractivity contribution in [1.82, 2.24) is 0 Å². The molecule has 6 rings (SSSR count). The molecule has 3 fully saturated rings. The van der Waals surface area contributed by atoms with Crippen LogP contribution in [0.3, 0.4) is 0 Å². The minimum atomic E-state index is -2.82. The molecule has 4 atom stereocenters. The smallest absolute Gasteiger partial charge is 0.264 e. The first-order chi connectivity index (χ1) is 19.6. The molecule has 2 aromatic carbocycles. The van der Waals surface area contributed by atoms with Crippen molar-refractivity contribution in [2.75, 3.05) is 34.4 Å². The predicted octanol–water partition coefficient (Wildman–Crippen LogP) is 3.67. The van der Waals surface area contributed by atoms with Gasteiger partial charge in [0.05, 0.1) is 18.3 Å². The molecular weight excluding hydrogens is 538 g/mol. The topological polar surface area (TPSA) is 111 Å². The summed E-state index contributed by atoms with van der Waals surface area (Å²) < 4.78 is 6.74. The van der Waals surface area contributed by atoms with E-state index in [1.165, 1.54) is 0 Å². The zero-order valence-corrected chi connectivity index (χ0v) is 25.0. The fourth-order valence-electron chi connectivity index (χ4n) is 7.64. The van der Waals surface area contributed by atoms with Gasteiger partial charge in [0, 0.05) is 60.9 Å². The lowest BCUT2D eigenvalue weighted by atomic mass is 9.82. The van der Waals surface area contributed by atoms with Gasteiger partial charge < -0.3 is 29.3 Å². The van der Waals surface area contributed by atoms with Crippen molar-refractivity contribution in [3.05, 3.63) is 53.6 Å². The van der Waals surface area contributed by atoms with Crippen molar-refractivity contribution in [2.45, 2.75) is 75.9 Å². The number of fused-ring (bicyclic) bond motifs is 2. The summed E-state index contributed by atoms with van der Waals surface area (Å²) in [4.78, 5) is 56.3. The van der Waals surface area contributed by atoms with Crippen LogP contribution in [0.5, 0.6) is 0 Å². The summed E-state index contributed by atoms with van der Waals surface area (Å²) in [5, 5.41) is 9.87. The Kier molecular flexibility index (Phi) is 7.08. The highest BCUT2D eigenvalue weighted by Gasteiger charge is 2.66. The number of hydrogen-bond acceptors (Lipinski definition) is 6. The zero-order chi connectivity index (χ0) is 29.1. The van der Waals surface area contributed by atoms with E-state index in [9.17, 15) is 24.3 Å². The van der Waals surface area contributed by atoms with E-state index in [0.717, 1.165) is 35.5 Å². The lowest BCUT2D eigenvalue weighted by Crippen LogP contribution is -2.46. The molecule has 0 saturated carbocycles. The third-order valence-electron chi connectivity index (χ3n) is 9.40. The maximum absolute atomic E-state index is 14.6. The van der Waals surface area contributed by atoms with E-state index < -0.39 is 20.0 Å². The van der Waals surface area contributed by atoms with Crippen LogP contribution < -0.4 is 14.7 Å². The molecule has 0 aromatic heterocycles. The number of aliphatic hydroxyl groups excluding tert-OH is 1. The fourth-order valence-corrected chi connectivity index (χ4v) is 10.2. The van der Waals surface area contributed by atoms with Crippen molar-refractivity contribution in [3.63, 3.8) is 0 Å². The standard InChI is InChI=1S/C31H39N3O6Si/c1-20-29(41(2,3)39)26(13-16-35)40-31(20)24-18-23(33-15-6-10-28(33)37)11-12-25(24)34(30(31)38)19-21-7-4-8-22(17-21)32-14-5-9-27(32)36/h4,7-8,11-12,17-18,20,26,29,35,39H,5-6,9-10,13-16,19H2,1-3H3/t20-,26+,29-,31+/m1/s1. The first-order valence-electron chi connectivity index (χ1n) is 14.7. The number of amides is 3. The lowest BCUT2D eigenvalue weighted by Gasteiger charge is -2.32. The maximum Gasteiger partial charge on any atom is 0.264 e. The molecule has 3 amide bonds. The number of rotatable bonds is 7. The molecular formula is C31H39N3O6Si. The van der Waals surface area contributed by atoms with Crippen LogP contribution in [0.4, 0.5) is 17.1 Å². The summed E-state index contributed by atoms with van der Waals surface area (Å²) in [6, 6.07) is 13.5. The van der Waals surface area contributed by atoms with Crippen LogP contribution in [0.1, 0.15) is 50.2 Å². The van der Waals surface area contributed by atoms with Crippen LogP contribution in [-0.4, -0.2) is 61.7 Å². The van der Waals surface area contributed by atoms with Crippen LogP contribution in [0.25, 0.3) is 0 Å². The third kappa shape index (κ3) is 4.52. The van der Waals surface area contributed by atoms with Crippen LogP contribution >= 0.6 is 0 Å². The number of benzene rings is 2. The van der Waals surface area contributed by atoms with Gasteiger partial charge in [-0.15, -0.1) is 0 Å². The molecule has 2 aromatic rings. The van der Waals surface area contributed by atoms with E-state index in [1.54, 1.807) is 14.7 Å². The maximum atomic E-state index is 14.6. The van der Waals surface area contributed by atoms with E-state index >= 15 is 0 Å². The van der Waals surface area contributed by atoms with Gasteiger partial charge in [-0.05, 0) is 68.3 Å². The van der Waals surface area contributed by atoms with Crippen LogP contribution in [0, 0.1) is 5.92 Å². The van der Waals surface area contributed by atoms with Crippen molar-refractivity contribution in [1.29, 1.82) is 0 Å². The van der Waals surface area contributed by atoms with E-state index in [1.807, 2.05) is 62.5 Å². The normalized spacial score (nSPS) is 28.1. The average molecular weight is 578 g/mol. The second-order valence-electron chi connectivity index (χ2n) is 12.4. The highest BCUT2D eigenvalue weighted by molar-refractivity contribution is 6.71. The molecule has 3 saturated heterocycles. The third-order valence-corrected chi connectivity index (χ3v) is 11.9. The monoisotopic (exact) mass is 577 g/mol. The quantitative estimate of drug-likeness (QED) is 0.486. The predicted molar refractivity (Wildman–Crippen MR) is 158 cm³/mol. The van der Waals surface area contributed by atoms with Gasteiger partial charge in [0.25, 0.3) is 5.91 Å². The lowest BCUT2D eigenvalue weighted by molar-refractivity contribution is -0.146. The van der Waals surface area contributed by atoms with Gasteiger partial charge in [-0.3, -0.25) is 14.4 Å². The Morgan fingerprint density at radius 1 is 0.976 bits per heavy atom. The van der Waals surface area contributed by atoms with E-state index in [2.05, 4.69) is 0 Å². The van der Waals surface area contributed by atoms with Gasteiger partial charge in [-0.1, -0.05) is 19.1 Å². The minimum absolute atomic E-state index is 0.0637. The number of hydrogen-bond donors (Lipinski definition) is 2. The van der Waals surface area contributed by atoms with Crippen molar-refractivity contribution >= 4 is 43.1 Å². The number of carbonyl (C=O) groups is 3. The molecule has 41 heavy (non-hydrogen) atoms. The van der Waals surface area contributed by atoms with E-state index in [0.29, 0.717) is 37.9 Å². The fraction of sp³-hybridized carbons (Fsp3) is 0.516. The van der Waals surface area contributed by atoms with Gasteiger partial charge >= 0.3 is 0 Å². The first-order valence-corrected chi connectivity index (χ1v) is 17.8. The summed E-state index contributed by atoms with van der Waals surface area (Å²) in [5.74, 6) is -0.373. The average Bonchev–Trinajstić information content (AvgIpc) is 3.67. The molecule has 218 valence electrons. The molecule has 2 N–H and O–H groups in total. The van der Waals surface area contributed by atoms with Gasteiger partial charge in [0.1, 0.15) is 0 Å². The van der Waals surface area contributed by atoms with Gasteiger partial charge in [-0.2, -0.15) is 0 Å². The van der Waals surface area contributed by atoms with Crippen LogP contribution in [0.15, 0.2) is 42.5 Å². The molecule has 0 radical (unpaired) electrons. The van der Waals surface area contributed by atoms with Crippen molar-refractivity contribution < 1.29 is 29.0 Å². The Balaban J connectivity index is 1.43. The highest BCUT2D eigenvalue weighted by Crippen LogP contribution is 2.60. The molecule has 4 heterocycles. The Morgan fingerprint density at radius 3 is 2.22 bits per heavy atom. The number of carbonyl (C=O) groups excluding carboxylic acids is 3. The second-order valence-corrected chi connectivity index (χ2v) is 16.4. The van der Waals surface area contributed by atoms with Crippen molar-refractivity contribution in [2.24, 2.45) is 5.92 Å². The minimum Gasteiger partial charge on any atom is -0.432 e. The van der Waals surface area contributed by atoms with E-state index in [4.69, 9.17) is 4.74 Å². The Hall–Kier alpha value is -3.05. The molecule has 1 spiro atoms. The van der Waals surface area contributed by atoms with Crippen LogP contribution in [-0.2, 0) is 31.3 Å². The second kappa shape index (κ2) is 10.3. The molecule has 4 aliphatic heterocycles. The van der Waals surface area contributed by atoms with Crippen LogP contribution in [0.2, 0.25) is 18.6 Å². The summed E-state index contributed by atoms with van der Waals surface area (Å²) in [5.41, 5.74) is 2.29. The Bertz CT molecular complexity index is 1390. The highest BCUT2D eigenvalue weighted by atomic mass is 28.4. The Morgan fingerprint density at radius 2 is 1.63 bits per heavy atom. The number of aliphatic hydroxyl groups is 1. The molecule has 9 nitrogen and oxygen atoms in total. The summed E-state index contributed by atoms with van der Waals surface area (Å²) in [6.07, 6.45) is 2.53. The molecule has 10 heteroatoms. The summed E-state index contributed by atoms with van der Waals surface area (Å²) in [7, 11) is -2.82. The van der Waals surface area contributed by atoms with Crippen molar-refractivity contribution in [3.8, 4) is 0 Å². The van der Waals surface area contributed by atoms with Gasteiger partial charge in [0.15, 0.2) is 13.9 Å². The molecule has 4 aliphatic rings. The number of anilines is 3. The molecule has 0 unspecified atom stereocenters. The van der Waals surface area contributed by atoms with Gasteiger partial charge in [0.2, 0.25) is 11.8 Å². The largest absolute Gasteiger partial charge is 0.432 e. The summed E-state index contributed by atoms with van der Waals surface area (Å²) in [6.45, 7) is 7.21. The number of nitrogens with zero attached hydrogens (tertiary/aromatic N) is 3. The van der Waals surface area contributed by atoms with E-state index in [-0.39, 0.29) is 42.3 Å². The Labute approximate surface area is 241 Å². The summed E-state index contributed by atoms with van der Waals surface area (Å²) >= 11 is 0.